The van der Waals surface area contributed by atoms with Crippen LogP contribution in [0.25, 0.3) is 22.6 Å². The maximum absolute atomic E-state index is 11.7. The van der Waals surface area contributed by atoms with Crippen LogP contribution in [0.3, 0.4) is 0 Å². The molecule has 0 saturated heterocycles. The maximum Gasteiger partial charge on any atom is 0.278 e. The minimum Gasteiger partial charge on any atom is -0.507 e. The number of phenols is 1. The number of phenolic OH excluding ortho intramolecular Hbond substituents is 1. The molecular weight excluding hydrogens is 361 g/mol. The van der Waals surface area contributed by atoms with Crippen molar-refractivity contribution >= 4 is 39.7 Å². The molecule has 8 heteroatoms. The van der Waals surface area contributed by atoms with Crippen molar-refractivity contribution < 1.29 is 5.11 Å². The van der Waals surface area contributed by atoms with Gasteiger partial charge in [0.2, 0.25) is 5.95 Å². The number of H-pyrrole nitrogens is 2. The van der Waals surface area contributed by atoms with E-state index in [9.17, 15) is 9.90 Å². The lowest BCUT2D eigenvalue weighted by atomic mass is 10.2. The molecule has 0 aliphatic heterocycles. The molecule has 0 atom stereocenters. The van der Waals surface area contributed by atoms with Gasteiger partial charge in [0.15, 0.2) is 11.2 Å². The summed E-state index contributed by atoms with van der Waals surface area (Å²) in [6, 6.07) is 5.11. The number of nitrogen functional groups attached to an aromatic ring is 1. The molecule has 3 aromatic rings. The molecule has 96 valence electrons. The monoisotopic (exact) mass is 369 g/mol. The molecule has 19 heavy (non-hydrogen) atoms. The van der Waals surface area contributed by atoms with Gasteiger partial charge in [-0.3, -0.25) is 9.78 Å². The smallest absolute Gasteiger partial charge is 0.278 e. The van der Waals surface area contributed by atoms with E-state index in [4.69, 9.17) is 5.73 Å². The zero-order chi connectivity index (χ0) is 13.6. The highest BCUT2D eigenvalue weighted by molar-refractivity contribution is 14.1. The van der Waals surface area contributed by atoms with Gasteiger partial charge in [0.05, 0.1) is 3.57 Å². The molecule has 2 aromatic heterocycles. The Labute approximate surface area is 120 Å². The van der Waals surface area contributed by atoms with Gasteiger partial charge < -0.3 is 15.8 Å². The summed E-state index contributed by atoms with van der Waals surface area (Å²) in [7, 11) is 0. The maximum atomic E-state index is 11.7. The number of rotatable bonds is 1. The molecule has 0 bridgehead atoms. The Morgan fingerprint density at radius 2 is 2.05 bits per heavy atom. The topological polar surface area (TPSA) is 121 Å². The summed E-state index contributed by atoms with van der Waals surface area (Å²) >= 11 is 2.02. The molecule has 0 fully saturated rings. The average molecular weight is 369 g/mol. The Bertz CT molecular complexity index is 839. The van der Waals surface area contributed by atoms with Crippen molar-refractivity contribution in [3.05, 3.63) is 32.1 Å². The van der Waals surface area contributed by atoms with Crippen LogP contribution in [-0.4, -0.2) is 25.0 Å². The van der Waals surface area contributed by atoms with Crippen molar-refractivity contribution in [2.75, 3.05) is 5.73 Å². The normalized spacial score (nSPS) is 11.0. The first kappa shape index (κ1) is 12.0. The lowest BCUT2D eigenvalue weighted by Gasteiger charge is -1.99. The lowest BCUT2D eigenvalue weighted by Crippen LogP contribution is -2.10. The molecule has 0 amide bonds. The van der Waals surface area contributed by atoms with Gasteiger partial charge in [-0.1, -0.05) is 0 Å². The molecule has 0 unspecified atom stereocenters. The summed E-state index contributed by atoms with van der Waals surface area (Å²) in [6.07, 6.45) is 0. The number of nitrogens with zero attached hydrogens (tertiary/aromatic N) is 2. The second-order valence-corrected chi connectivity index (χ2v) is 5.06. The van der Waals surface area contributed by atoms with E-state index in [1.54, 1.807) is 18.2 Å². The zero-order valence-corrected chi connectivity index (χ0v) is 11.6. The highest BCUT2D eigenvalue weighted by Crippen LogP contribution is 2.26. The van der Waals surface area contributed by atoms with Crippen LogP contribution >= 0.6 is 22.6 Å². The fourth-order valence-corrected chi connectivity index (χ4v) is 2.06. The SMILES string of the molecule is Nc1nc2nc(-c3ccc(I)c(O)c3)[nH]c2c(=O)[nH]1. The Morgan fingerprint density at radius 3 is 2.79 bits per heavy atom. The van der Waals surface area contributed by atoms with Crippen LogP contribution in [0.5, 0.6) is 5.75 Å². The molecule has 3 rings (SSSR count). The first-order valence-electron chi connectivity index (χ1n) is 5.29. The van der Waals surface area contributed by atoms with Crippen molar-refractivity contribution in [2.24, 2.45) is 0 Å². The second kappa shape index (κ2) is 4.23. The average Bonchev–Trinajstić information content (AvgIpc) is 2.76. The second-order valence-electron chi connectivity index (χ2n) is 3.90. The van der Waals surface area contributed by atoms with Crippen LogP contribution < -0.4 is 11.3 Å². The highest BCUT2D eigenvalue weighted by atomic mass is 127. The van der Waals surface area contributed by atoms with Gasteiger partial charge in [-0.2, -0.15) is 4.98 Å². The Morgan fingerprint density at radius 1 is 1.26 bits per heavy atom. The number of nitrogens with two attached hydrogens (primary N) is 1. The number of aromatic nitrogens is 4. The quantitative estimate of drug-likeness (QED) is 0.481. The third-order valence-electron chi connectivity index (χ3n) is 2.60. The fraction of sp³-hybridized carbons (Fsp3) is 0. The van der Waals surface area contributed by atoms with Gasteiger partial charge in [0.25, 0.3) is 5.56 Å². The van der Waals surface area contributed by atoms with E-state index in [2.05, 4.69) is 19.9 Å². The lowest BCUT2D eigenvalue weighted by molar-refractivity contribution is 0.471. The zero-order valence-electron chi connectivity index (χ0n) is 9.44. The molecule has 5 N–H and O–H groups in total. The highest BCUT2D eigenvalue weighted by Gasteiger charge is 2.11. The molecule has 1 aromatic carbocycles. The van der Waals surface area contributed by atoms with Gasteiger partial charge >= 0.3 is 0 Å². The third kappa shape index (κ3) is 2.03. The first-order chi connectivity index (χ1) is 9.04. The fourth-order valence-electron chi connectivity index (χ4n) is 1.72. The van der Waals surface area contributed by atoms with Gasteiger partial charge in [0.1, 0.15) is 11.6 Å². The van der Waals surface area contributed by atoms with E-state index in [0.29, 0.717) is 11.4 Å². The van der Waals surface area contributed by atoms with Crippen LogP contribution in [-0.2, 0) is 0 Å². The summed E-state index contributed by atoms with van der Waals surface area (Å²) in [5, 5.41) is 9.68. The Kier molecular flexibility index (Phi) is 2.66. The number of imidazole rings is 1. The van der Waals surface area contributed by atoms with Crippen molar-refractivity contribution in [3.8, 4) is 17.1 Å². The standard InChI is InChI=1S/C11H8IN5O2/c12-5-2-1-4(3-6(5)18)8-14-7-9(15-8)16-11(13)17-10(7)19/h1-3,18H,(H4,13,14,15,16,17,19). The summed E-state index contributed by atoms with van der Waals surface area (Å²) in [5.41, 5.74) is 6.23. The molecule has 0 spiro atoms. The van der Waals surface area contributed by atoms with E-state index in [1.807, 2.05) is 22.6 Å². The summed E-state index contributed by atoms with van der Waals surface area (Å²) in [5.74, 6) is 0.617. The summed E-state index contributed by atoms with van der Waals surface area (Å²) < 4.78 is 0.734. The minimum absolute atomic E-state index is 0.0148. The molecule has 2 heterocycles. The van der Waals surface area contributed by atoms with Crippen LogP contribution in [0.2, 0.25) is 0 Å². The van der Waals surface area contributed by atoms with Gasteiger partial charge in [0, 0.05) is 5.56 Å². The Balaban J connectivity index is 2.23. The van der Waals surface area contributed by atoms with E-state index in [-0.39, 0.29) is 28.4 Å². The van der Waals surface area contributed by atoms with Crippen LogP contribution in [0, 0.1) is 3.57 Å². The number of anilines is 1. The van der Waals surface area contributed by atoms with E-state index < -0.39 is 0 Å². The molecule has 7 nitrogen and oxygen atoms in total. The predicted octanol–water partition coefficient (Wildman–Crippen LogP) is 1.21. The van der Waals surface area contributed by atoms with Crippen molar-refractivity contribution in [1.82, 2.24) is 19.9 Å². The van der Waals surface area contributed by atoms with Gasteiger partial charge in [-0.15, -0.1) is 0 Å². The van der Waals surface area contributed by atoms with Crippen LogP contribution in [0.1, 0.15) is 0 Å². The van der Waals surface area contributed by atoms with E-state index in [0.717, 1.165) is 3.57 Å². The van der Waals surface area contributed by atoms with Gasteiger partial charge in [-0.05, 0) is 40.8 Å². The molecule has 0 saturated carbocycles. The third-order valence-corrected chi connectivity index (χ3v) is 3.51. The number of benzene rings is 1. The summed E-state index contributed by atoms with van der Waals surface area (Å²) in [4.78, 5) is 25.1. The van der Waals surface area contributed by atoms with E-state index in [1.165, 1.54) is 0 Å². The molecule has 0 aliphatic rings. The molecule has 0 radical (unpaired) electrons. The number of aromatic amines is 2. The number of halogens is 1. The van der Waals surface area contributed by atoms with Gasteiger partial charge in [-0.25, -0.2) is 4.98 Å². The number of hydrogen-bond acceptors (Lipinski definition) is 5. The number of hydrogen-bond donors (Lipinski definition) is 4. The van der Waals surface area contributed by atoms with E-state index >= 15 is 0 Å². The van der Waals surface area contributed by atoms with Crippen LogP contribution in [0.15, 0.2) is 23.0 Å². The largest absolute Gasteiger partial charge is 0.507 e. The Hall–Kier alpha value is -2.10. The minimum atomic E-state index is -0.379. The number of aromatic hydroxyl groups is 1. The molecular formula is C11H8IN5O2. The van der Waals surface area contributed by atoms with Crippen molar-refractivity contribution in [1.29, 1.82) is 0 Å². The summed E-state index contributed by atoms with van der Waals surface area (Å²) in [6.45, 7) is 0. The number of fused-ring (bicyclic) bond motifs is 1. The number of nitrogens with one attached hydrogen (secondary N) is 2. The molecule has 0 aliphatic carbocycles. The van der Waals surface area contributed by atoms with Crippen molar-refractivity contribution in [3.63, 3.8) is 0 Å². The predicted molar refractivity (Wildman–Crippen MR) is 78.7 cm³/mol. The van der Waals surface area contributed by atoms with Crippen LogP contribution in [0.4, 0.5) is 5.95 Å². The van der Waals surface area contributed by atoms with Crippen molar-refractivity contribution in [2.45, 2.75) is 0 Å². The first-order valence-corrected chi connectivity index (χ1v) is 6.37.